The number of rotatable bonds is 6. The minimum atomic E-state index is -0.338. The Bertz CT molecular complexity index is 1240. The van der Waals surface area contributed by atoms with Crippen molar-refractivity contribution in [2.45, 2.75) is 119 Å². The van der Waals surface area contributed by atoms with Crippen LogP contribution in [0, 0.1) is 45.3 Å². The zero-order valence-corrected chi connectivity index (χ0v) is 27.1. The Kier molecular flexibility index (Phi) is 7.74. The van der Waals surface area contributed by atoms with E-state index >= 15 is 0 Å². The number of carbonyl (C=O) groups is 1. The van der Waals surface area contributed by atoms with Gasteiger partial charge in [-0.15, -0.1) is 0 Å². The van der Waals surface area contributed by atoms with E-state index in [2.05, 4.69) is 67.5 Å². The first-order chi connectivity index (χ1) is 19.1. The maximum atomic E-state index is 13.2. The Morgan fingerprint density at radius 3 is 2.39 bits per heavy atom. The van der Waals surface area contributed by atoms with Crippen molar-refractivity contribution in [3.05, 3.63) is 47.1 Å². The summed E-state index contributed by atoms with van der Waals surface area (Å²) in [4.78, 5) is 13.2. The number of ether oxygens (including phenoxy) is 1. The second-order valence-corrected chi connectivity index (χ2v) is 15.8. The highest BCUT2D eigenvalue weighted by molar-refractivity contribution is 5.95. The number of nitrogen functional groups attached to an aromatic ring is 2. The summed E-state index contributed by atoms with van der Waals surface area (Å²) < 4.78 is 6.23. The molecule has 5 rings (SSSR count). The lowest BCUT2D eigenvalue weighted by atomic mass is 9.40. The number of hydrogen-bond donors (Lipinski definition) is 2. The third-order valence-electron chi connectivity index (χ3n) is 13.2. The van der Waals surface area contributed by atoms with Crippen LogP contribution in [0.15, 0.2) is 41.5 Å². The highest BCUT2D eigenvalue weighted by atomic mass is 16.5. The molecule has 0 bridgehead atoms. The number of hydrogen-bond acceptors (Lipinski definition) is 4. The van der Waals surface area contributed by atoms with Crippen LogP contribution < -0.4 is 11.5 Å². The Hall–Kier alpha value is -2.23. The lowest BCUT2D eigenvalue weighted by molar-refractivity contribution is -0.125. The quantitative estimate of drug-likeness (QED) is 0.206. The molecule has 3 saturated carbocycles. The Morgan fingerprint density at radius 1 is 1.00 bits per heavy atom. The number of benzene rings is 1. The van der Waals surface area contributed by atoms with Crippen molar-refractivity contribution in [1.29, 1.82) is 0 Å². The van der Waals surface area contributed by atoms with Gasteiger partial charge in [0.15, 0.2) is 0 Å². The van der Waals surface area contributed by atoms with Crippen LogP contribution in [0.2, 0.25) is 0 Å². The molecule has 0 saturated heterocycles. The fraction of sp³-hybridized carbons (Fsp3) is 0.703. The van der Waals surface area contributed by atoms with E-state index in [9.17, 15) is 4.79 Å². The van der Waals surface area contributed by atoms with Crippen molar-refractivity contribution < 1.29 is 9.53 Å². The van der Waals surface area contributed by atoms with Crippen LogP contribution in [-0.2, 0) is 4.74 Å². The third kappa shape index (κ3) is 4.76. The number of allylic oxidation sites excluding steroid dienone is 3. The zero-order valence-electron chi connectivity index (χ0n) is 27.1. The highest BCUT2D eigenvalue weighted by Crippen LogP contribution is 2.73. The molecule has 4 aliphatic rings. The lowest BCUT2D eigenvalue weighted by Gasteiger charge is -2.64. The molecule has 4 N–H and O–H groups in total. The molecule has 0 heterocycles. The molecule has 0 amide bonds. The summed E-state index contributed by atoms with van der Waals surface area (Å²) in [5, 5.41) is 0. The van der Waals surface area contributed by atoms with Crippen LogP contribution in [0.5, 0.6) is 0 Å². The summed E-state index contributed by atoms with van der Waals surface area (Å²) in [6, 6.07) is 5.04. The number of carbonyl (C=O) groups excluding carboxylic acids is 1. The molecule has 3 fully saturated rings. The van der Waals surface area contributed by atoms with Gasteiger partial charge in [0.2, 0.25) is 0 Å². The van der Waals surface area contributed by atoms with Crippen molar-refractivity contribution >= 4 is 17.3 Å². The van der Waals surface area contributed by atoms with Gasteiger partial charge in [-0.2, -0.15) is 0 Å². The van der Waals surface area contributed by atoms with E-state index in [-0.39, 0.29) is 22.9 Å². The molecule has 226 valence electrons. The second kappa shape index (κ2) is 10.5. The van der Waals surface area contributed by atoms with Crippen molar-refractivity contribution in [3.8, 4) is 0 Å². The monoisotopic (exact) mass is 560 g/mol. The van der Waals surface area contributed by atoms with Gasteiger partial charge in [0.25, 0.3) is 0 Å². The van der Waals surface area contributed by atoms with Gasteiger partial charge in [-0.25, -0.2) is 4.79 Å². The van der Waals surface area contributed by atoms with E-state index < -0.39 is 0 Å². The summed E-state index contributed by atoms with van der Waals surface area (Å²) >= 11 is 0. The lowest BCUT2D eigenvalue weighted by Crippen LogP contribution is -2.58. The molecule has 1 aromatic carbocycles. The minimum Gasteiger partial charge on any atom is -0.458 e. The highest BCUT2D eigenvalue weighted by Gasteiger charge is 2.66. The number of esters is 1. The third-order valence-corrected chi connectivity index (χ3v) is 13.2. The smallest absolute Gasteiger partial charge is 0.340 e. The molecule has 8 atom stereocenters. The molecule has 0 radical (unpaired) electrons. The summed E-state index contributed by atoms with van der Waals surface area (Å²) in [6.07, 6.45) is 16.0. The SMILES string of the molecule is CC(C)=CCCC(C)C1CCC2(C)C3CC=C4C(C)(C)C(OC(=O)c5ccc(N)cc5N)CCC4(C)C3CCC12C. The first-order valence-electron chi connectivity index (χ1n) is 16.4. The first-order valence-corrected chi connectivity index (χ1v) is 16.4. The predicted molar refractivity (Wildman–Crippen MR) is 171 cm³/mol. The summed E-state index contributed by atoms with van der Waals surface area (Å²) in [5.74, 6) is 2.69. The first kappa shape index (κ1) is 30.2. The Balaban J connectivity index is 1.37. The van der Waals surface area contributed by atoms with Gasteiger partial charge in [-0.1, -0.05) is 64.8 Å². The Morgan fingerprint density at radius 2 is 1.71 bits per heavy atom. The summed E-state index contributed by atoms with van der Waals surface area (Å²) in [6.45, 7) is 19.5. The fourth-order valence-corrected chi connectivity index (χ4v) is 10.7. The van der Waals surface area contributed by atoms with E-state index in [0.717, 1.165) is 37.0 Å². The summed E-state index contributed by atoms with van der Waals surface area (Å²) in [5.41, 5.74) is 17.1. The molecular formula is C37H56N2O2. The van der Waals surface area contributed by atoms with Gasteiger partial charge in [-0.05, 0) is 130 Å². The zero-order chi connectivity index (χ0) is 30.0. The van der Waals surface area contributed by atoms with Crippen molar-refractivity contribution in [2.75, 3.05) is 11.5 Å². The van der Waals surface area contributed by atoms with Crippen molar-refractivity contribution in [3.63, 3.8) is 0 Å². The molecule has 0 spiro atoms. The van der Waals surface area contributed by atoms with Gasteiger partial charge < -0.3 is 16.2 Å². The molecule has 4 heteroatoms. The average Bonchev–Trinajstić information content (AvgIpc) is 3.16. The van der Waals surface area contributed by atoms with E-state index in [1.807, 2.05) is 0 Å². The van der Waals surface area contributed by atoms with Gasteiger partial charge in [-0.3, -0.25) is 0 Å². The molecule has 0 aliphatic heterocycles. The molecule has 4 aliphatic carbocycles. The van der Waals surface area contributed by atoms with Crippen LogP contribution in [0.1, 0.15) is 124 Å². The average molecular weight is 561 g/mol. The topological polar surface area (TPSA) is 78.3 Å². The van der Waals surface area contributed by atoms with E-state index in [1.54, 1.807) is 18.2 Å². The number of fused-ring (bicyclic) bond motifs is 5. The van der Waals surface area contributed by atoms with Crippen LogP contribution in [0.4, 0.5) is 11.4 Å². The molecule has 41 heavy (non-hydrogen) atoms. The van der Waals surface area contributed by atoms with Crippen LogP contribution in [0.3, 0.4) is 0 Å². The standard InChI is InChI=1S/C37H56N2O2/c1-23(2)10-9-11-24(3)27-16-20-37(8)29-14-15-31-34(4,5)32(41-33(40)26-13-12-25(38)22-30(26)39)18-19-35(31,6)28(29)17-21-36(27,37)7/h10,12-13,15,22,24,27-29,32H,9,11,14,16-21,38-39H2,1-8H3. The summed E-state index contributed by atoms with van der Waals surface area (Å²) in [7, 11) is 0. The van der Waals surface area contributed by atoms with Gasteiger partial charge >= 0.3 is 5.97 Å². The molecule has 4 nitrogen and oxygen atoms in total. The normalized spacial score (nSPS) is 38.1. The van der Waals surface area contributed by atoms with Gasteiger partial charge in [0.05, 0.1) is 5.56 Å². The van der Waals surface area contributed by atoms with Crippen molar-refractivity contribution in [1.82, 2.24) is 0 Å². The largest absolute Gasteiger partial charge is 0.458 e. The molecule has 0 aromatic heterocycles. The van der Waals surface area contributed by atoms with E-state index in [1.165, 1.54) is 49.7 Å². The predicted octanol–water partition coefficient (Wildman–Crippen LogP) is 9.36. The van der Waals surface area contributed by atoms with Gasteiger partial charge in [0.1, 0.15) is 6.10 Å². The fourth-order valence-electron chi connectivity index (χ4n) is 10.7. The Labute approximate surface area is 249 Å². The second-order valence-electron chi connectivity index (χ2n) is 15.8. The van der Waals surface area contributed by atoms with E-state index in [0.29, 0.717) is 33.7 Å². The van der Waals surface area contributed by atoms with Crippen LogP contribution in [-0.4, -0.2) is 12.1 Å². The van der Waals surface area contributed by atoms with E-state index in [4.69, 9.17) is 16.2 Å². The molecule has 8 unspecified atom stereocenters. The number of anilines is 2. The van der Waals surface area contributed by atoms with Crippen molar-refractivity contribution in [2.24, 2.45) is 45.3 Å². The minimum absolute atomic E-state index is 0.160. The maximum Gasteiger partial charge on any atom is 0.340 e. The number of nitrogens with two attached hydrogens (primary N) is 2. The van der Waals surface area contributed by atoms with Gasteiger partial charge in [0, 0.05) is 16.8 Å². The van der Waals surface area contributed by atoms with Crippen LogP contribution in [0.25, 0.3) is 0 Å². The maximum absolute atomic E-state index is 13.2. The molecule has 1 aromatic rings. The molecular weight excluding hydrogens is 504 g/mol. The van der Waals surface area contributed by atoms with Crippen LogP contribution >= 0.6 is 0 Å².